The minimum absolute atomic E-state index is 0.0111. The highest BCUT2D eigenvalue weighted by molar-refractivity contribution is 5.86. The predicted molar refractivity (Wildman–Crippen MR) is 142 cm³/mol. The normalized spacial score (nSPS) is 18.6. The molecule has 38 heavy (non-hydrogen) atoms. The fraction of sp³-hybridized carbons (Fsp3) is 0.276. The molecule has 4 aromatic rings. The van der Waals surface area contributed by atoms with E-state index in [2.05, 4.69) is 45.8 Å². The third-order valence-electron chi connectivity index (χ3n) is 7.23. The van der Waals surface area contributed by atoms with Gasteiger partial charge in [-0.05, 0) is 61.4 Å². The lowest BCUT2D eigenvalue weighted by Gasteiger charge is -2.48. The molecule has 2 aromatic heterocycles. The Kier molecular flexibility index (Phi) is 6.62. The summed E-state index contributed by atoms with van der Waals surface area (Å²) >= 11 is 0. The van der Waals surface area contributed by atoms with Crippen LogP contribution >= 0.6 is 0 Å². The third-order valence-corrected chi connectivity index (χ3v) is 7.23. The SMILES string of the molecule is C[C@@H]1CN(c2nc(=O)n(C)c3ccc(C#N)nc23)[C@@H](C)CN1C(c1ccc(F)cc1)c1ccc(C#N)cc1. The minimum atomic E-state index is -0.386. The molecule has 0 saturated carbocycles. The number of nitriles is 2. The number of aromatic nitrogens is 3. The van der Waals surface area contributed by atoms with E-state index in [0.29, 0.717) is 35.5 Å². The Hall–Kier alpha value is -4.60. The molecule has 1 aliphatic heterocycles. The Morgan fingerprint density at radius 3 is 2.18 bits per heavy atom. The smallest absolute Gasteiger partial charge is 0.349 e. The molecule has 3 heterocycles. The number of anilines is 1. The molecule has 1 saturated heterocycles. The molecule has 1 unspecified atom stereocenters. The maximum absolute atomic E-state index is 13.8. The Morgan fingerprint density at radius 2 is 1.55 bits per heavy atom. The van der Waals surface area contributed by atoms with Crippen LogP contribution < -0.4 is 10.6 Å². The molecule has 8 nitrogen and oxygen atoms in total. The van der Waals surface area contributed by atoms with Crippen LogP contribution in [-0.2, 0) is 7.05 Å². The first-order valence-electron chi connectivity index (χ1n) is 12.4. The van der Waals surface area contributed by atoms with Gasteiger partial charge in [-0.1, -0.05) is 24.3 Å². The molecule has 0 amide bonds. The van der Waals surface area contributed by atoms with Gasteiger partial charge < -0.3 is 4.90 Å². The minimum Gasteiger partial charge on any atom is -0.349 e. The lowest BCUT2D eigenvalue weighted by Crippen LogP contribution is -2.58. The number of fused-ring (bicyclic) bond motifs is 1. The molecule has 0 radical (unpaired) electrons. The highest BCUT2D eigenvalue weighted by Gasteiger charge is 2.36. The van der Waals surface area contributed by atoms with Gasteiger partial charge in [0.25, 0.3) is 0 Å². The van der Waals surface area contributed by atoms with E-state index in [4.69, 9.17) is 0 Å². The average molecular weight is 508 g/mol. The van der Waals surface area contributed by atoms with Crippen LogP contribution in [-0.4, -0.2) is 44.6 Å². The average Bonchev–Trinajstić information content (AvgIpc) is 2.93. The lowest BCUT2D eigenvalue weighted by atomic mass is 9.93. The molecular formula is C29H26FN7O. The molecule has 0 bridgehead atoms. The van der Waals surface area contributed by atoms with E-state index >= 15 is 0 Å². The second-order valence-electron chi connectivity index (χ2n) is 9.69. The van der Waals surface area contributed by atoms with Gasteiger partial charge in [-0.2, -0.15) is 15.5 Å². The fourth-order valence-electron chi connectivity index (χ4n) is 5.24. The topological polar surface area (TPSA) is 102 Å². The number of nitrogens with zero attached hydrogens (tertiary/aromatic N) is 7. The van der Waals surface area contributed by atoms with Gasteiger partial charge in [0.1, 0.15) is 23.1 Å². The highest BCUT2D eigenvalue weighted by Crippen LogP contribution is 2.35. The van der Waals surface area contributed by atoms with Crippen LogP contribution in [0.25, 0.3) is 11.0 Å². The summed E-state index contributed by atoms with van der Waals surface area (Å²) in [4.78, 5) is 26.0. The maximum atomic E-state index is 13.8. The van der Waals surface area contributed by atoms with Crippen molar-refractivity contribution in [3.63, 3.8) is 0 Å². The summed E-state index contributed by atoms with van der Waals surface area (Å²) in [6.07, 6.45) is 0. The van der Waals surface area contributed by atoms with Crippen molar-refractivity contribution in [2.45, 2.75) is 32.0 Å². The fourth-order valence-corrected chi connectivity index (χ4v) is 5.24. The Labute approximate surface area is 219 Å². The van der Waals surface area contributed by atoms with Gasteiger partial charge in [0, 0.05) is 32.2 Å². The summed E-state index contributed by atoms with van der Waals surface area (Å²) < 4.78 is 15.2. The van der Waals surface area contributed by atoms with Gasteiger partial charge in [-0.25, -0.2) is 14.2 Å². The van der Waals surface area contributed by atoms with Crippen molar-refractivity contribution in [1.29, 1.82) is 10.5 Å². The summed E-state index contributed by atoms with van der Waals surface area (Å²) in [5.74, 6) is 0.169. The van der Waals surface area contributed by atoms with Gasteiger partial charge in [0.05, 0.1) is 23.2 Å². The molecule has 5 rings (SSSR count). The van der Waals surface area contributed by atoms with E-state index in [9.17, 15) is 19.7 Å². The van der Waals surface area contributed by atoms with Crippen molar-refractivity contribution < 1.29 is 4.39 Å². The van der Waals surface area contributed by atoms with Crippen LogP contribution in [0, 0.1) is 28.5 Å². The van der Waals surface area contributed by atoms with Crippen molar-refractivity contribution in [2.24, 2.45) is 7.05 Å². The van der Waals surface area contributed by atoms with Crippen LogP contribution in [0.3, 0.4) is 0 Å². The molecule has 0 spiro atoms. The lowest BCUT2D eigenvalue weighted by molar-refractivity contribution is 0.129. The zero-order valence-electron chi connectivity index (χ0n) is 21.3. The van der Waals surface area contributed by atoms with Crippen LogP contribution in [0.15, 0.2) is 65.5 Å². The number of rotatable bonds is 4. The number of hydrogen-bond acceptors (Lipinski definition) is 7. The molecule has 9 heteroatoms. The molecule has 1 aliphatic rings. The van der Waals surface area contributed by atoms with Crippen LogP contribution in [0.5, 0.6) is 0 Å². The van der Waals surface area contributed by atoms with Gasteiger partial charge >= 0.3 is 5.69 Å². The van der Waals surface area contributed by atoms with Crippen molar-refractivity contribution in [2.75, 3.05) is 18.0 Å². The second kappa shape index (κ2) is 10.0. The molecule has 3 atom stereocenters. The van der Waals surface area contributed by atoms with Crippen LogP contribution in [0.4, 0.5) is 10.2 Å². The van der Waals surface area contributed by atoms with Gasteiger partial charge in [-0.15, -0.1) is 0 Å². The Morgan fingerprint density at radius 1 is 0.895 bits per heavy atom. The molecule has 1 fully saturated rings. The number of halogens is 1. The van der Waals surface area contributed by atoms with Crippen LogP contribution in [0.2, 0.25) is 0 Å². The van der Waals surface area contributed by atoms with E-state index in [1.807, 2.05) is 12.1 Å². The first-order chi connectivity index (χ1) is 18.3. The number of hydrogen-bond donors (Lipinski definition) is 0. The second-order valence-corrected chi connectivity index (χ2v) is 9.69. The van der Waals surface area contributed by atoms with Crippen molar-refractivity contribution in [1.82, 2.24) is 19.4 Å². The van der Waals surface area contributed by atoms with Gasteiger partial charge in [0.15, 0.2) is 5.82 Å². The summed E-state index contributed by atoms with van der Waals surface area (Å²) in [6, 6.07) is 21.4. The molecule has 0 aliphatic carbocycles. The first kappa shape index (κ1) is 25.1. The Balaban J connectivity index is 1.55. The largest absolute Gasteiger partial charge is 0.349 e. The third kappa shape index (κ3) is 4.49. The standard InChI is InChI=1S/C29H26FN7O/c1-18-17-37(28-26-25(35(3)29(38)34-28)13-12-24(15-32)33-26)19(2)16-36(18)27(22-8-10-23(30)11-9-22)21-6-4-20(14-31)5-7-21/h4-13,18-19,27H,16-17H2,1-3H3/t18-,19+,27?/m1/s1. The molecular weight excluding hydrogens is 481 g/mol. The summed E-state index contributed by atoms with van der Waals surface area (Å²) in [6.45, 7) is 5.36. The van der Waals surface area contributed by atoms with Crippen molar-refractivity contribution in [3.05, 3.63) is 99.3 Å². The van der Waals surface area contributed by atoms with E-state index in [-0.39, 0.29) is 35.3 Å². The number of pyridine rings is 1. The summed E-state index contributed by atoms with van der Waals surface area (Å²) in [7, 11) is 1.64. The molecule has 190 valence electrons. The number of benzene rings is 2. The quantitative estimate of drug-likeness (QED) is 0.413. The van der Waals surface area contributed by atoms with E-state index in [1.165, 1.54) is 16.7 Å². The monoisotopic (exact) mass is 507 g/mol. The van der Waals surface area contributed by atoms with E-state index < -0.39 is 0 Å². The number of aryl methyl sites for hydroxylation is 1. The van der Waals surface area contributed by atoms with Crippen molar-refractivity contribution in [3.8, 4) is 12.1 Å². The molecule has 0 N–H and O–H groups in total. The van der Waals surface area contributed by atoms with Gasteiger partial charge in [0.2, 0.25) is 0 Å². The summed E-state index contributed by atoms with van der Waals surface area (Å²) in [5, 5.41) is 18.7. The maximum Gasteiger partial charge on any atom is 0.349 e. The summed E-state index contributed by atoms with van der Waals surface area (Å²) in [5.41, 5.74) is 3.52. The van der Waals surface area contributed by atoms with Crippen molar-refractivity contribution >= 4 is 16.9 Å². The predicted octanol–water partition coefficient (Wildman–Crippen LogP) is 3.90. The van der Waals surface area contributed by atoms with Crippen LogP contribution in [0.1, 0.15) is 42.3 Å². The number of piperazine rings is 1. The first-order valence-corrected chi connectivity index (χ1v) is 12.4. The van der Waals surface area contributed by atoms with E-state index in [1.54, 1.807) is 43.4 Å². The zero-order valence-corrected chi connectivity index (χ0v) is 21.3. The van der Waals surface area contributed by atoms with Gasteiger partial charge in [-0.3, -0.25) is 9.47 Å². The Bertz CT molecular complexity index is 1630. The zero-order chi connectivity index (χ0) is 27.0. The van der Waals surface area contributed by atoms with E-state index in [0.717, 1.165) is 11.1 Å². The molecule has 2 aromatic carbocycles. The highest BCUT2D eigenvalue weighted by atomic mass is 19.1.